The maximum atomic E-state index is 13.8. The number of nitrogens with zero attached hydrogens (tertiary/aromatic N) is 1. The molecular formula is C22H24BrClF4N2O3. The topological polar surface area (TPSA) is 72.8 Å². The molecule has 1 unspecified atom stereocenters. The maximum Gasteiger partial charge on any atom is 0.490 e. The molecule has 0 spiro atoms. The highest BCUT2D eigenvalue weighted by molar-refractivity contribution is 9.10. The van der Waals surface area contributed by atoms with Crippen LogP contribution in [0.1, 0.15) is 30.0 Å². The molecule has 0 bridgehead atoms. The van der Waals surface area contributed by atoms with Crippen molar-refractivity contribution in [1.29, 1.82) is 0 Å². The summed E-state index contributed by atoms with van der Waals surface area (Å²) in [6.45, 7) is 2.74. The van der Waals surface area contributed by atoms with E-state index in [-0.39, 0.29) is 18.5 Å². The van der Waals surface area contributed by atoms with Gasteiger partial charge in [-0.2, -0.15) is 13.2 Å². The van der Waals surface area contributed by atoms with Crippen LogP contribution in [0.15, 0.2) is 46.9 Å². The first-order valence-electron chi connectivity index (χ1n) is 10.1. The van der Waals surface area contributed by atoms with Gasteiger partial charge in [0.1, 0.15) is 5.82 Å². The number of alkyl halides is 3. The zero-order valence-electron chi connectivity index (χ0n) is 17.5. The summed E-state index contributed by atoms with van der Waals surface area (Å²) in [6, 6.07) is 13.0. The van der Waals surface area contributed by atoms with Crippen molar-refractivity contribution in [2.45, 2.75) is 37.6 Å². The van der Waals surface area contributed by atoms with E-state index in [1.54, 1.807) is 6.07 Å². The Morgan fingerprint density at radius 1 is 1.21 bits per heavy atom. The third kappa shape index (κ3) is 8.86. The average molecular weight is 556 g/mol. The molecule has 1 fully saturated rings. The molecule has 0 amide bonds. The van der Waals surface area contributed by atoms with Crippen molar-refractivity contribution in [3.8, 4) is 0 Å². The Kier molecular flexibility index (Phi) is 10.6. The van der Waals surface area contributed by atoms with Gasteiger partial charge in [0.2, 0.25) is 0 Å². The van der Waals surface area contributed by atoms with Gasteiger partial charge in [0, 0.05) is 17.6 Å². The van der Waals surface area contributed by atoms with Gasteiger partial charge in [-0.25, -0.2) is 9.18 Å². The molecule has 1 aliphatic heterocycles. The van der Waals surface area contributed by atoms with Crippen LogP contribution in [0.2, 0.25) is 5.02 Å². The highest BCUT2D eigenvalue weighted by Crippen LogP contribution is 2.24. The normalized spacial score (nSPS) is 16.1. The van der Waals surface area contributed by atoms with Crippen LogP contribution in [-0.2, 0) is 11.3 Å². The zero-order chi connectivity index (χ0) is 24.6. The van der Waals surface area contributed by atoms with Gasteiger partial charge in [-0.3, -0.25) is 4.90 Å². The lowest BCUT2D eigenvalue weighted by molar-refractivity contribution is -0.192. The molecule has 1 heterocycles. The van der Waals surface area contributed by atoms with Gasteiger partial charge in [-0.05, 0) is 71.2 Å². The Bertz CT molecular complexity index is 925. The number of carboxylic acid groups (broad SMARTS) is 1. The van der Waals surface area contributed by atoms with Crippen molar-refractivity contribution < 1.29 is 32.6 Å². The second-order valence-electron chi connectivity index (χ2n) is 7.52. The maximum absolute atomic E-state index is 13.8. The van der Waals surface area contributed by atoms with Crippen LogP contribution < -0.4 is 5.32 Å². The van der Waals surface area contributed by atoms with Crippen LogP contribution in [0.4, 0.5) is 17.6 Å². The van der Waals surface area contributed by atoms with Crippen LogP contribution in [-0.4, -0.2) is 53.0 Å². The second kappa shape index (κ2) is 12.7. The van der Waals surface area contributed by atoms with Crippen molar-refractivity contribution in [3.05, 3.63) is 68.9 Å². The van der Waals surface area contributed by atoms with E-state index in [1.807, 2.05) is 24.3 Å². The lowest BCUT2D eigenvalue weighted by Gasteiger charge is -2.34. The van der Waals surface area contributed by atoms with Gasteiger partial charge in [-0.1, -0.05) is 35.9 Å². The largest absolute Gasteiger partial charge is 0.490 e. The number of aliphatic carboxylic acids is 1. The quantitative estimate of drug-likeness (QED) is 0.430. The smallest absolute Gasteiger partial charge is 0.475 e. The van der Waals surface area contributed by atoms with E-state index in [0.717, 1.165) is 48.6 Å². The number of piperidine rings is 1. The average Bonchev–Trinajstić information content (AvgIpc) is 2.76. The number of halogens is 6. The van der Waals surface area contributed by atoms with Crippen molar-refractivity contribution in [1.82, 2.24) is 10.2 Å². The molecule has 1 saturated heterocycles. The van der Waals surface area contributed by atoms with Gasteiger partial charge < -0.3 is 15.5 Å². The Morgan fingerprint density at radius 2 is 1.82 bits per heavy atom. The minimum Gasteiger partial charge on any atom is -0.475 e. The molecule has 0 aliphatic carbocycles. The highest BCUT2D eigenvalue weighted by Gasteiger charge is 2.38. The number of nitrogens with one attached hydrogen (secondary N) is 1. The van der Waals surface area contributed by atoms with E-state index in [9.17, 15) is 22.7 Å². The van der Waals surface area contributed by atoms with E-state index in [1.165, 1.54) is 6.07 Å². The standard InChI is InChI=1S/C20H23BrClFN2O.C2HF3O2/c21-17-6-5-14(11-19(17)23)20(13-26)24-16-7-9-25(10-8-16)12-15-3-1-2-4-18(15)22;3-2(4,5)1(6)7/h1-6,11,16,20,24,26H,7-10,12-13H2;(H,6,7). The fraction of sp³-hybridized carbons (Fsp3) is 0.409. The van der Waals surface area contributed by atoms with Crippen LogP contribution in [0.5, 0.6) is 0 Å². The Balaban J connectivity index is 0.000000479. The van der Waals surface area contributed by atoms with E-state index < -0.39 is 12.1 Å². The number of carbonyl (C=O) groups is 1. The van der Waals surface area contributed by atoms with E-state index >= 15 is 0 Å². The highest BCUT2D eigenvalue weighted by atomic mass is 79.9. The molecule has 3 rings (SSSR count). The van der Waals surface area contributed by atoms with Gasteiger partial charge in [0.25, 0.3) is 0 Å². The van der Waals surface area contributed by atoms with Crippen LogP contribution >= 0.6 is 27.5 Å². The minimum atomic E-state index is -5.08. The molecule has 182 valence electrons. The summed E-state index contributed by atoms with van der Waals surface area (Å²) in [6.07, 6.45) is -3.11. The Hall–Kier alpha value is -1.72. The lowest BCUT2D eigenvalue weighted by Crippen LogP contribution is -2.44. The van der Waals surface area contributed by atoms with Crippen molar-refractivity contribution in [3.63, 3.8) is 0 Å². The summed E-state index contributed by atoms with van der Waals surface area (Å²) in [7, 11) is 0. The van der Waals surface area contributed by atoms with Crippen molar-refractivity contribution in [2.24, 2.45) is 0 Å². The van der Waals surface area contributed by atoms with Gasteiger partial charge in [0.15, 0.2) is 0 Å². The number of likely N-dealkylation sites (tertiary alicyclic amines) is 1. The number of aliphatic hydroxyl groups excluding tert-OH is 1. The molecule has 11 heteroatoms. The lowest BCUT2D eigenvalue weighted by atomic mass is 10.0. The molecule has 2 aromatic rings. The fourth-order valence-corrected chi connectivity index (χ4v) is 3.84. The number of aliphatic hydroxyl groups is 1. The SMILES string of the molecule is O=C(O)C(F)(F)F.OCC(NC1CCN(Cc2ccccc2Cl)CC1)c1ccc(Br)c(F)c1. The van der Waals surface area contributed by atoms with Crippen LogP contribution in [0, 0.1) is 5.82 Å². The molecule has 5 nitrogen and oxygen atoms in total. The summed E-state index contributed by atoms with van der Waals surface area (Å²) in [5.41, 5.74) is 1.92. The Morgan fingerprint density at radius 3 is 2.33 bits per heavy atom. The number of carboxylic acids is 1. The van der Waals surface area contributed by atoms with E-state index in [0.29, 0.717) is 10.5 Å². The summed E-state index contributed by atoms with van der Waals surface area (Å²) in [5.74, 6) is -3.06. The number of hydrogen-bond acceptors (Lipinski definition) is 4. The van der Waals surface area contributed by atoms with Crippen LogP contribution in [0.3, 0.4) is 0 Å². The molecule has 33 heavy (non-hydrogen) atoms. The zero-order valence-corrected chi connectivity index (χ0v) is 19.8. The summed E-state index contributed by atoms with van der Waals surface area (Å²) >= 11 is 9.42. The monoisotopic (exact) mass is 554 g/mol. The predicted molar refractivity (Wildman–Crippen MR) is 121 cm³/mol. The molecule has 0 saturated carbocycles. The summed E-state index contributed by atoms with van der Waals surface area (Å²) < 4.78 is 45.9. The molecule has 0 radical (unpaired) electrons. The molecule has 3 N–H and O–H groups in total. The summed E-state index contributed by atoms with van der Waals surface area (Å²) in [4.78, 5) is 11.3. The first-order chi connectivity index (χ1) is 15.5. The Labute approximate surface area is 202 Å². The number of rotatable bonds is 6. The first kappa shape index (κ1) is 27.5. The number of hydrogen-bond donors (Lipinski definition) is 3. The van der Waals surface area contributed by atoms with Gasteiger partial charge in [-0.15, -0.1) is 0 Å². The van der Waals surface area contributed by atoms with Crippen molar-refractivity contribution in [2.75, 3.05) is 19.7 Å². The molecule has 1 aliphatic rings. The third-order valence-electron chi connectivity index (χ3n) is 5.15. The minimum absolute atomic E-state index is 0.0547. The second-order valence-corrected chi connectivity index (χ2v) is 8.78. The van der Waals surface area contributed by atoms with Crippen LogP contribution in [0.25, 0.3) is 0 Å². The van der Waals surface area contributed by atoms with E-state index in [2.05, 4.69) is 32.2 Å². The number of benzene rings is 2. The summed E-state index contributed by atoms with van der Waals surface area (Å²) in [5, 5.41) is 21.1. The van der Waals surface area contributed by atoms with Crippen molar-refractivity contribution >= 4 is 33.5 Å². The van der Waals surface area contributed by atoms with Gasteiger partial charge in [0.05, 0.1) is 17.1 Å². The first-order valence-corrected chi connectivity index (χ1v) is 11.3. The van der Waals surface area contributed by atoms with E-state index in [4.69, 9.17) is 21.5 Å². The predicted octanol–water partition coefficient (Wildman–Crippen LogP) is 5.16. The molecule has 2 aromatic carbocycles. The molecule has 1 atom stereocenters. The molecular weight excluding hydrogens is 532 g/mol. The fourth-order valence-electron chi connectivity index (χ4n) is 3.39. The third-order valence-corrected chi connectivity index (χ3v) is 6.16. The van der Waals surface area contributed by atoms with Gasteiger partial charge >= 0.3 is 12.1 Å². The molecule has 0 aromatic heterocycles.